The highest BCUT2D eigenvalue weighted by atomic mass is 16.5. The van der Waals surface area contributed by atoms with Gasteiger partial charge in [0.25, 0.3) is 0 Å². The molecule has 1 saturated carbocycles. The lowest BCUT2D eigenvalue weighted by atomic mass is 9.78. The molecule has 1 aliphatic rings. The van der Waals surface area contributed by atoms with E-state index in [1.54, 1.807) is 6.33 Å². The Hall–Kier alpha value is -0.980. The second kappa shape index (κ2) is 7.71. The fourth-order valence-electron chi connectivity index (χ4n) is 2.92. The molecule has 6 heteroatoms. The van der Waals surface area contributed by atoms with Crippen LogP contribution in [-0.4, -0.2) is 33.5 Å². The number of aryl methyl sites for hydroxylation is 1. The Morgan fingerprint density at radius 1 is 1.50 bits per heavy atom. The standard InChI is InChI=1S/C14H27N5O/c1-3-5-19-14(16-10-17-19)9-12(18-15)6-11-7-13(8-11)20-4-2/h10-13,18H,3-9,15H2,1-2H3. The van der Waals surface area contributed by atoms with Gasteiger partial charge in [0, 0.05) is 25.6 Å². The van der Waals surface area contributed by atoms with Crippen LogP contribution < -0.4 is 11.3 Å². The van der Waals surface area contributed by atoms with E-state index < -0.39 is 0 Å². The lowest BCUT2D eigenvalue weighted by molar-refractivity contribution is -0.0290. The van der Waals surface area contributed by atoms with Gasteiger partial charge < -0.3 is 4.74 Å². The third kappa shape index (κ3) is 4.01. The molecule has 6 nitrogen and oxygen atoms in total. The molecule has 0 saturated heterocycles. The molecule has 20 heavy (non-hydrogen) atoms. The highest BCUT2D eigenvalue weighted by molar-refractivity contribution is 4.92. The van der Waals surface area contributed by atoms with E-state index >= 15 is 0 Å². The van der Waals surface area contributed by atoms with Crippen LogP contribution in [0.15, 0.2) is 6.33 Å². The van der Waals surface area contributed by atoms with Crippen molar-refractivity contribution in [2.24, 2.45) is 11.8 Å². The van der Waals surface area contributed by atoms with Crippen molar-refractivity contribution < 1.29 is 4.74 Å². The second-order valence-electron chi connectivity index (χ2n) is 5.62. The number of nitrogens with zero attached hydrogens (tertiary/aromatic N) is 3. The van der Waals surface area contributed by atoms with Gasteiger partial charge in [0.15, 0.2) is 0 Å². The fraction of sp³-hybridized carbons (Fsp3) is 0.857. The molecule has 1 atom stereocenters. The lowest BCUT2D eigenvalue weighted by Gasteiger charge is -2.36. The van der Waals surface area contributed by atoms with E-state index in [0.29, 0.717) is 6.10 Å². The summed E-state index contributed by atoms with van der Waals surface area (Å²) in [6.07, 6.45) is 7.40. The van der Waals surface area contributed by atoms with E-state index in [-0.39, 0.29) is 6.04 Å². The van der Waals surface area contributed by atoms with Gasteiger partial charge in [-0.05, 0) is 38.5 Å². The summed E-state index contributed by atoms with van der Waals surface area (Å²) in [5.74, 6) is 7.44. The minimum Gasteiger partial charge on any atom is -0.378 e. The zero-order valence-corrected chi connectivity index (χ0v) is 12.6. The van der Waals surface area contributed by atoms with E-state index in [1.807, 2.05) is 4.68 Å². The van der Waals surface area contributed by atoms with Gasteiger partial charge >= 0.3 is 0 Å². The molecular weight excluding hydrogens is 254 g/mol. The van der Waals surface area contributed by atoms with Crippen LogP contribution in [0.1, 0.15) is 45.4 Å². The highest BCUT2D eigenvalue weighted by Crippen LogP contribution is 2.33. The maximum atomic E-state index is 5.70. The third-order valence-electron chi connectivity index (χ3n) is 4.01. The summed E-state index contributed by atoms with van der Waals surface area (Å²) in [7, 11) is 0. The van der Waals surface area contributed by atoms with Crippen LogP contribution in [0.4, 0.5) is 0 Å². The maximum Gasteiger partial charge on any atom is 0.138 e. The summed E-state index contributed by atoms with van der Waals surface area (Å²) in [5.41, 5.74) is 2.93. The molecule has 0 aliphatic heterocycles. The Bertz CT molecular complexity index is 389. The van der Waals surface area contributed by atoms with Crippen molar-refractivity contribution in [3.8, 4) is 0 Å². The minimum absolute atomic E-state index is 0.266. The monoisotopic (exact) mass is 281 g/mol. The molecule has 1 unspecified atom stereocenters. The van der Waals surface area contributed by atoms with Gasteiger partial charge in [-0.2, -0.15) is 5.10 Å². The SMILES string of the molecule is CCCn1ncnc1CC(CC1CC(OCC)C1)NN. The van der Waals surface area contributed by atoms with E-state index in [2.05, 4.69) is 29.4 Å². The number of nitrogens with one attached hydrogen (secondary N) is 1. The van der Waals surface area contributed by atoms with Crippen molar-refractivity contribution in [3.63, 3.8) is 0 Å². The number of ether oxygens (including phenoxy) is 1. The molecule has 1 heterocycles. The van der Waals surface area contributed by atoms with Crippen LogP contribution in [0.2, 0.25) is 0 Å². The third-order valence-corrected chi connectivity index (χ3v) is 4.01. The Morgan fingerprint density at radius 2 is 2.30 bits per heavy atom. The van der Waals surface area contributed by atoms with E-state index in [4.69, 9.17) is 10.6 Å². The second-order valence-corrected chi connectivity index (χ2v) is 5.62. The smallest absolute Gasteiger partial charge is 0.138 e. The Kier molecular flexibility index (Phi) is 5.94. The first-order valence-corrected chi connectivity index (χ1v) is 7.71. The van der Waals surface area contributed by atoms with E-state index in [1.165, 1.54) is 0 Å². The molecule has 1 aromatic rings. The van der Waals surface area contributed by atoms with Crippen LogP contribution in [0.3, 0.4) is 0 Å². The predicted octanol–water partition coefficient (Wildman–Crippen LogP) is 1.27. The summed E-state index contributed by atoms with van der Waals surface area (Å²) in [4.78, 5) is 4.35. The van der Waals surface area contributed by atoms with E-state index in [9.17, 15) is 0 Å². The molecule has 114 valence electrons. The molecule has 0 aromatic carbocycles. The van der Waals surface area contributed by atoms with E-state index in [0.717, 1.165) is 57.0 Å². The molecule has 3 N–H and O–H groups in total. The summed E-state index contributed by atoms with van der Waals surface area (Å²) in [6, 6.07) is 0.266. The van der Waals surface area contributed by atoms with Crippen molar-refractivity contribution >= 4 is 0 Å². The number of nitrogens with two attached hydrogens (primary N) is 1. The highest BCUT2D eigenvalue weighted by Gasteiger charge is 2.31. The first-order valence-electron chi connectivity index (χ1n) is 7.71. The normalized spacial score (nSPS) is 23.6. The summed E-state index contributed by atoms with van der Waals surface area (Å²) in [5, 5.41) is 4.26. The predicted molar refractivity (Wildman–Crippen MR) is 77.9 cm³/mol. The van der Waals surface area contributed by atoms with Gasteiger partial charge in [0.1, 0.15) is 12.2 Å². The van der Waals surface area contributed by atoms with Crippen LogP contribution in [0.25, 0.3) is 0 Å². The topological polar surface area (TPSA) is 78.0 Å². The quantitative estimate of drug-likeness (QED) is 0.526. The molecule has 0 bridgehead atoms. The molecule has 2 rings (SSSR count). The summed E-state index contributed by atoms with van der Waals surface area (Å²) < 4.78 is 7.58. The van der Waals surface area contributed by atoms with Crippen molar-refractivity contribution in [1.82, 2.24) is 20.2 Å². The van der Waals surface area contributed by atoms with Crippen molar-refractivity contribution in [3.05, 3.63) is 12.2 Å². The molecule has 0 spiro atoms. The zero-order valence-electron chi connectivity index (χ0n) is 12.6. The average Bonchev–Trinajstić information content (AvgIpc) is 2.83. The molecule has 1 fully saturated rings. The minimum atomic E-state index is 0.266. The largest absolute Gasteiger partial charge is 0.378 e. The molecule has 1 aromatic heterocycles. The Balaban J connectivity index is 1.79. The van der Waals surface area contributed by atoms with Gasteiger partial charge in [-0.1, -0.05) is 6.92 Å². The average molecular weight is 281 g/mol. The van der Waals surface area contributed by atoms with Crippen LogP contribution in [0, 0.1) is 5.92 Å². The molecular formula is C14H27N5O. The van der Waals surface area contributed by atoms with Gasteiger partial charge in [-0.3, -0.25) is 16.0 Å². The van der Waals surface area contributed by atoms with Gasteiger partial charge in [-0.25, -0.2) is 4.98 Å². The number of hydrazine groups is 1. The lowest BCUT2D eigenvalue weighted by Crippen LogP contribution is -2.42. The number of hydrogen-bond donors (Lipinski definition) is 2. The fourth-order valence-corrected chi connectivity index (χ4v) is 2.92. The van der Waals surface area contributed by atoms with Crippen molar-refractivity contribution in [2.75, 3.05) is 6.61 Å². The first-order chi connectivity index (χ1) is 9.76. The van der Waals surface area contributed by atoms with Gasteiger partial charge in [0.05, 0.1) is 6.10 Å². The number of aromatic nitrogens is 3. The molecule has 0 amide bonds. The number of rotatable bonds is 9. The van der Waals surface area contributed by atoms with Crippen molar-refractivity contribution in [2.45, 2.75) is 64.6 Å². The summed E-state index contributed by atoms with van der Waals surface area (Å²) >= 11 is 0. The Morgan fingerprint density at radius 3 is 2.95 bits per heavy atom. The van der Waals surface area contributed by atoms with Crippen molar-refractivity contribution in [1.29, 1.82) is 0 Å². The number of hydrogen-bond acceptors (Lipinski definition) is 5. The van der Waals surface area contributed by atoms with Gasteiger partial charge in [0.2, 0.25) is 0 Å². The zero-order chi connectivity index (χ0) is 14.4. The van der Waals surface area contributed by atoms with Crippen LogP contribution in [-0.2, 0) is 17.7 Å². The Labute approximate surface area is 121 Å². The van der Waals surface area contributed by atoms with Gasteiger partial charge in [-0.15, -0.1) is 0 Å². The van der Waals surface area contributed by atoms with Crippen LogP contribution in [0.5, 0.6) is 0 Å². The molecule has 1 aliphatic carbocycles. The molecule has 0 radical (unpaired) electrons. The first kappa shape index (κ1) is 15.4. The van der Waals surface area contributed by atoms with Crippen LogP contribution >= 0.6 is 0 Å². The maximum absolute atomic E-state index is 5.70. The summed E-state index contributed by atoms with van der Waals surface area (Å²) in [6.45, 7) is 5.93.